The molecule has 0 N–H and O–H groups in total. The Bertz CT molecular complexity index is 1910. The van der Waals surface area contributed by atoms with E-state index < -0.39 is 0 Å². The smallest absolute Gasteiger partial charge is 0.227 e. The van der Waals surface area contributed by atoms with Crippen molar-refractivity contribution >= 4 is 22.7 Å². The van der Waals surface area contributed by atoms with E-state index in [9.17, 15) is 0 Å². The fourth-order valence-corrected chi connectivity index (χ4v) is 5.31. The maximum absolute atomic E-state index is 6.51. The van der Waals surface area contributed by atoms with Crippen LogP contribution in [0.15, 0.2) is 150 Å². The van der Waals surface area contributed by atoms with E-state index in [0.717, 1.165) is 33.3 Å². The van der Waals surface area contributed by atoms with Gasteiger partial charge in [0.1, 0.15) is 5.52 Å². The Morgan fingerprint density at radius 2 is 0.825 bits per heavy atom. The number of hydrogen-bond donors (Lipinski definition) is 0. The van der Waals surface area contributed by atoms with Crippen molar-refractivity contribution in [3.05, 3.63) is 151 Å². The fourth-order valence-electron chi connectivity index (χ4n) is 5.10. The molecule has 0 atom stereocenters. The van der Waals surface area contributed by atoms with Gasteiger partial charge in [-0.15, -0.1) is 0 Å². The zero-order chi connectivity index (χ0) is 26.9. The van der Waals surface area contributed by atoms with Crippen molar-refractivity contribution in [3.8, 4) is 56.0 Å². The van der Waals surface area contributed by atoms with Crippen molar-refractivity contribution in [3.63, 3.8) is 0 Å². The summed E-state index contributed by atoms with van der Waals surface area (Å²) >= 11 is 6.51. The molecule has 7 rings (SSSR count). The maximum Gasteiger partial charge on any atom is 0.227 e. The van der Waals surface area contributed by atoms with Crippen LogP contribution in [-0.4, -0.2) is 4.98 Å². The van der Waals surface area contributed by atoms with E-state index in [-0.39, 0.29) is 0 Å². The quantitative estimate of drug-likeness (QED) is 0.220. The molecule has 1 aromatic heterocycles. The highest BCUT2D eigenvalue weighted by Gasteiger charge is 2.15. The molecule has 0 saturated heterocycles. The van der Waals surface area contributed by atoms with Crippen LogP contribution in [0.3, 0.4) is 0 Å². The summed E-state index contributed by atoms with van der Waals surface area (Å²) in [7, 11) is 0. The number of nitrogens with zero attached hydrogens (tertiary/aromatic N) is 1. The first-order valence-corrected chi connectivity index (χ1v) is 13.6. The number of oxazole rings is 1. The predicted octanol–water partition coefficient (Wildman–Crippen LogP) is 10.8. The molecule has 0 fully saturated rings. The molecule has 0 aliphatic carbocycles. The van der Waals surface area contributed by atoms with Crippen LogP contribution >= 0.6 is 11.6 Å². The lowest BCUT2D eigenvalue weighted by Gasteiger charge is -2.06. The Morgan fingerprint density at radius 1 is 0.425 bits per heavy atom. The summed E-state index contributed by atoms with van der Waals surface area (Å²) in [6.07, 6.45) is 0. The molecule has 1 heterocycles. The molecule has 0 spiro atoms. The van der Waals surface area contributed by atoms with Crippen LogP contribution in [0.4, 0.5) is 0 Å². The second kappa shape index (κ2) is 10.3. The standard InChI is InChI=1S/C37H24ClNO/c38-33-23-34(31-19-15-28(16-20-31)26-9-5-2-6-10-26)36-35(24-33)40-37(39-36)32-21-17-30(18-22-32)29-13-11-27(12-14-29)25-7-3-1-4-8-25/h1-24H. The molecule has 7 aromatic rings. The van der Waals surface area contributed by atoms with Crippen LogP contribution in [0.2, 0.25) is 5.02 Å². The zero-order valence-electron chi connectivity index (χ0n) is 21.6. The van der Waals surface area contributed by atoms with Crippen molar-refractivity contribution < 1.29 is 4.42 Å². The third-order valence-corrected chi connectivity index (χ3v) is 7.44. The van der Waals surface area contributed by atoms with Crippen LogP contribution in [0.25, 0.3) is 67.1 Å². The molecule has 0 unspecified atom stereocenters. The Hall–Kier alpha value is -4.92. The highest BCUT2D eigenvalue weighted by atomic mass is 35.5. The van der Waals surface area contributed by atoms with Gasteiger partial charge < -0.3 is 4.42 Å². The summed E-state index contributed by atoms with van der Waals surface area (Å²) in [6, 6.07) is 50.0. The van der Waals surface area contributed by atoms with Crippen LogP contribution in [0.1, 0.15) is 0 Å². The second-order valence-corrected chi connectivity index (χ2v) is 10.2. The third-order valence-electron chi connectivity index (χ3n) is 7.22. The van der Waals surface area contributed by atoms with Gasteiger partial charge in [0, 0.05) is 22.2 Å². The van der Waals surface area contributed by atoms with Crippen LogP contribution in [0, 0.1) is 0 Å². The summed E-state index contributed by atoms with van der Waals surface area (Å²) in [5, 5.41) is 0.617. The second-order valence-electron chi connectivity index (χ2n) is 9.78. The molecule has 40 heavy (non-hydrogen) atoms. The normalized spacial score (nSPS) is 11.1. The molecule has 6 aromatic carbocycles. The summed E-state index contributed by atoms with van der Waals surface area (Å²) in [6.45, 7) is 0. The minimum Gasteiger partial charge on any atom is -0.436 e. The minimum atomic E-state index is 0.574. The van der Waals surface area contributed by atoms with E-state index in [1.807, 2.05) is 24.3 Å². The number of aromatic nitrogens is 1. The summed E-state index contributed by atoms with van der Waals surface area (Å²) < 4.78 is 6.20. The molecule has 0 aliphatic rings. The molecule has 0 bridgehead atoms. The van der Waals surface area contributed by atoms with Gasteiger partial charge in [-0.3, -0.25) is 0 Å². The SMILES string of the molecule is Clc1cc(-c2ccc(-c3ccccc3)cc2)c2nc(-c3ccc(-c4ccc(-c5ccccc5)cc4)cc3)oc2c1. The molecular weight excluding hydrogens is 510 g/mol. The first-order valence-electron chi connectivity index (χ1n) is 13.2. The molecule has 0 radical (unpaired) electrons. The van der Waals surface area contributed by atoms with Gasteiger partial charge in [-0.25, -0.2) is 4.98 Å². The van der Waals surface area contributed by atoms with E-state index in [4.69, 9.17) is 21.0 Å². The van der Waals surface area contributed by atoms with Gasteiger partial charge in [0.2, 0.25) is 5.89 Å². The maximum atomic E-state index is 6.51. The lowest BCUT2D eigenvalue weighted by Crippen LogP contribution is -1.84. The van der Waals surface area contributed by atoms with Gasteiger partial charge in [0.15, 0.2) is 5.58 Å². The van der Waals surface area contributed by atoms with Crippen molar-refractivity contribution in [2.75, 3.05) is 0 Å². The number of hydrogen-bond acceptors (Lipinski definition) is 2. The molecule has 0 amide bonds. The summed E-state index contributed by atoms with van der Waals surface area (Å²) in [5.74, 6) is 0.574. The lowest BCUT2D eigenvalue weighted by atomic mass is 9.99. The Labute approximate surface area is 238 Å². The van der Waals surface area contributed by atoms with E-state index >= 15 is 0 Å². The highest BCUT2D eigenvalue weighted by Crippen LogP contribution is 2.36. The Morgan fingerprint density at radius 3 is 1.30 bits per heavy atom. The number of rotatable bonds is 5. The number of halogens is 1. The van der Waals surface area contributed by atoms with E-state index in [0.29, 0.717) is 16.5 Å². The monoisotopic (exact) mass is 533 g/mol. The fraction of sp³-hybridized carbons (Fsp3) is 0. The Kier molecular flexibility index (Phi) is 6.24. The average molecular weight is 534 g/mol. The zero-order valence-corrected chi connectivity index (χ0v) is 22.3. The van der Waals surface area contributed by atoms with Crippen LogP contribution < -0.4 is 0 Å². The molecule has 3 heteroatoms. The Balaban J connectivity index is 1.18. The van der Waals surface area contributed by atoms with Crippen molar-refractivity contribution in [2.24, 2.45) is 0 Å². The number of benzene rings is 6. The van der Waals surface area contributed by atoms with E-state index in [1.54, 1.807) is 0 Å². The van der Waals surface area contributed by atoms with E-state index in [1.165, 1.54) is 22.3 Å². The van der Waals surface area contributed by atoms with Gasteiger partial charge in [0.25, 0.3) is 0 Å². The molecule has 0 saturated carbocycles. The van der Waals surface area contributed by atoms with Crippen molar-refractivity contribution in [1.82, 2.24) is 4.98 Å². The largest absolute Gasteiger partial charge is 0.436 e. The first kappa shape index (κ1) is 24.1. The average Bonchev–Trinajstić information content (AvgIpc) is 3.46. The predicted molar refractivity (Wildman–Crippen MR) is 166 cm³/mol. The van der Waals surface area contributed by atoms with Crippen LogP contribution in [-0.2, 0) is 0 Å². The van der Waals surface area contributed by atoms with Crippen molar-refractivity contribution in [2.45, 2.75) is 0 Å². The summed E-state index contributed by atoms with van der Waals surface area (Å²) in [5.41, 5.74) is 11.5. The first-order chi connectivity index (χ1) is 19.7. The minimum absolute atomic E-state index is 0.574. The molecule has 0 aliphatic heterocycles. The highest BCUT2D eigenvalue weighted by molar-refractivity contribution is 6.31. The van der Waals surface area contributed by atoms with Gasteiger partial charge >= 0.3 is 0 Å². The van der Waals surface area contributed by atoms with Crippen molar-refractivity contribution in [1.29, 1.82) is 0 Å². The summed E-state index contributed by atoms with van der Waals surface area (Å²) in [4.78, 5) is 4.90. The lowest BCUT2D eigenvalue weighted by molar-refractivity contribution is 0.620. The third kappa shape index (κ3) is 4.70. The van der Waals surface area contributed by atoms with E-state index in [2.05, 4.69) is 121 Å². The topological polar surface area (TPSA) is 26.0 Å². The molecule has 2 nitrogen and oxygen atoms in total. The van der Waals surface area contributed by atoms with Gasteiger partial charge in [-0.2, -0.15) is 0 Å². The van der Waals surface area contributed by atoms with Gasteiger partial charge in [0.05, 0.1) is 0 Å². The van der Waals surface area contributed by atoms with Crippen LogP contribution in [0.5, 0.6) is 0 Å². The van der Waals surface area contributed by atoms with Gasteiger partial charge in [-0.1, -0.05) is 133 Å². The molecular formula is C37H24ClNO. The van der Waals surface area contributed by atoms with Gasteiger partial charge in [-0.05, 0) is 57.1 Å². The molecule has 190 valence electrons. The number of fused-ring (bicyclic) bond motifs is 1.